The van der Waals surface area contributed by atoms with Gasteiger partial charge >= 0.3 is 0 Å². The molecular weight excluding hydrogens is 264 g/mol. The molecule has 0 aliphatic carbocycles. The molecule has 19 heavy (non-hydrogen) atoms. The molecule has 2 aromatic rings. The van der Waals surface area contributed by atoms with Crippen LogP contribution < -0.4 is 0 Å². The molecule has 96 valence electrons. The van der Waals surface area contributed by atoms with E-state index in [-0.39, 0.29) is 0 Å². The van der Waals surface area contributed by atoms with Crippen LogP contribution in [0.15, 0.2) is 41.3 Å². The minimum atomic E-state index is -0.444. The second-order valence-corrected chi connectivity index (χ2v) is 5.13. The highest BCUT2D eigenvalue weighted by molar-refractivity contribution is 7.98. The second kappa shape index (κ2) is 5.85. The number of thioether (sulfide) groups is 1. The number of rotatable bonds is 3. The van der Waals surface area contributed by atoms with E-state index in [0.717, 1.165) is 23.3 Å². The first kappa shape index (κ1) is 13.6. The maximum absolute atomic E-state index is 13.5. The van der Waals surface area contributed by atoms with Crippen molar-refractivity contribution in [2.24, 2.45) is 0 Å². The molecule has 0 spiro atoms. The lowest BCUT2D eigenvalue weighted by atomic mass is 10.1. The van der Waals surface area contributed by atoms with Crippen LogP contribution in [-0.4, -0.2) is 0 Å². The Morgan fingerprint density at radius 1 is 1.16 bits per heavy atom. The van der Waals surface area contributed by atoms with Crippen LogP contribution in [0.2, 0.25) is 0 Å². The largest absolute Gasteiger partial charge is 0.207 e. The Morgan fingerprint density at radius 2 is 1.95 bits per heavy atom. The van der Waals surface area contributed by atoms with E-state index in [1.165, 1.54) is 17.8 Å². The van der Waals surface area contributed by atoms with E-state index >= 15 is 0 Å². The average Bonchev–Trinajstić information content (AvgIpc) is 2.40. The molecule has 0 radical (unpaired) electrons. The summed E-state index contributed by atoms with van der Waals surface area (Å²) in [5, 5.41) is 8.78. The molecule has 0 bridgehead atoms. The summed E-state index contributed by atoms with van der Waals surface area (Å²) in [5.41, 5.74) is 2.58. The second-order valence-electron chi connectivity index (χ2n) is 4.12. The molecule has 2 rings (SSSR count). The van der Waals surface area contributed by atoms with Crippen molar-refractivity contribution < 1.29 is 8.78 Å². The molecule has 0 aromatic heterocycles. The van der Waals surface area contributed by atoms with E-state index < -0.39 is 11.6 Å². The summed E-state index contributed by atoms with van der Waals surface area (Å²) >= 11 is 1.24. The van der Waals surface area contributed by atoms with E-state index in [1.807, 2.05) is 13.0 Å². The van der Waals surface area contributed by atoms with Gasteiger partial charge in [-0.3, -0.25) is 0 Å². The zero-order valence-electron chi connectivity index (χ0n) is 10.3. The van der Waals surface area contributed by atoms with Crippen molar-refractivity contribution in [2.45, 2.75) is 17.6 Å². The van der Waals surface area contributed by atoms with Gasteiger partial charge in [-0.15, -0.1) is 11.8 Å². The number of hydrogen-bond acceptors (Lipinski definition) is 2. The lowest BCUT2D eigenvalue weighted by Crippen LogP contribution is -1.90. The van der Waals surface area contributed by atoms with Gasteiger partial charge < -0.3 is 0 Å². The van der Waals surface area contributed by atoms with Gasteiger partial charge in [0.25, 0.3) is 0 Å². The Bertz CT molecular complexity index is 647. The summed E-state index contributed by atoms with van der Waals surface area (Å²) in [6, 6.07) is 10.9. The fraction of sp³-hybridized carbons (Fsp3) is 0.133. The van der Waals surface area contributed by atoms with Gasteiger partial charge in [-0.2, -0.15) is 5.26 Å². The predicted molar refractivity (Wildman–Crippen MR) is 71.8 cm³/mol. The van der Waals surface area contributed by atoms with Crippen molar-refractivity contribution in [1.82, 2.24) is 0 Å². The molecule has 0 unspecified atom stereocenters. The Morgan fingerprint density at radius 3 is 2.63 bits per heavy atom. The van der Waals surface area contributed by atoms with Crippen LogP contribution in [-0.2, 0) is 5.75 Å². The third-order valence-corrected chi connectivity index (χ3v) is 3.83. The third kappa shape index (κ3) is 3.33. The summed E-state index contributed by atoms with van der Waals surface area (Å²) in [6.07, 6.45) is 0. The number of benzene rings is 2. The summed E-state index contributed by atoms with van der Waals surface area (Å²) in [5.74, 6) is -0.323. The summed E-state index contributed by atoms with van der Waals surface area (Å²) in [7, 11) is 0. The van der Waals surface area contributed by atoms with Gasteiger partial charge in [0.15, 0.2) is 0 Å². The van der Waals surface area contributed by atoms with Crippen molar-refractivity contribution in [2.75, 3.05) is 0 Å². The molecule has 0 aliphatic heterocycles. The first-order valence-electron chi connectivity index (χ1n) is 5.67. The summed E-state index contributed by atoms with van der Waals surface area (Å²) in [6.45, 7) is 1.90. The molecule has 0 fully saturated rings. The molecule has 0 saturated heterocycles. The van der Waals surface area contributed by atoms with Gasteiger partial charge in [0.05, 0.1) is 11.6 Å². The molecule has 0 saturated carbocycles. The zero-order chi connectivity index (χ0) is 13.8. The van der Waals surface area contributed by atoms with Crippen LogP contribution in [0.4, 0.5) is 8.78 Å². The molecule has 0 atom stereocenters. The summed E-state index contributed by atoms with van der Waals surface area (Å²) < 4.78 is 26.5. The van der Waals surface area contributed by atoms with Gasteiger partial charge in [0.1, 0.15) is 11.6 Å². The first-order valence-corrected chi connectivity index (χ1v) is 6.66. The van der Waals surface area contributed by atoms with Crippen LogP contribution in [0, 0.1) is 29.9 Å². The SMILES string of the molecule is Cc1cc(C#N)ccc1CSc1cc(F)ccc1F. The summed E-state index contributed by atoms with van der Waals surface area (Å²) in [4.78, 5) is 0.295. The van der Waals surface area contributed by atoms with E-state index in [9.17, 15) is 8.78 Å². The highest BCUT2D eigenvalue weighted by Gasteiger charge is 2.06. The Kier molecular flexibility index (Phi) is 4.18. The number of hydrogen-bond donors (Lipinski definition) is 0. The molecular formula is C15H11F2NS. The van der Waals surface area contributed by atoms with Crippen LogP contribution in [0.3, 0.4) is 0 Å². The number of halogens is 2. The van der Waals surface area contributed by atoms with E-state index in [1.54, 1.807) is 12.1 Å². The normalized spacial score (nSPS) is 10.2. The Balaban J connectivity index is 2.15. The first-order chi connectivity index (χ1) is 9.10. The highest BCUT2D eigenvalue weighted by atomic mass is 32.2. The topological polar surface area (TPSA) is 23.8 Å². The standard InChI is InChI=1S/C15H11F2NS/c1-10-6-11(8-18)2-3-12(10)9-19-15-7-13(16)4-5-14(15)17/h2-7H,9H2,1H3. The maximum Gasteiger partial charge on any atom is 0.136 e. The van der Waals surface area contributed by atoms with E-state index in [0.29, 0.717) is 16.2 Å². The van der Waals surface area contributed by atoms with Gasteiger partial charge in [0, 0.05) is 10.6 Å². The number of nitriles is 1. The Hall–Kier alpha value is -1.86. The molecule has 2 aromatic carbocycles. The molecule has 1 nitrogen and oxygen atoms in total. The number of aryl methyl sites for hydroxylation is 1. The minimum absolute atomic E-state index is 0.295. The van der Waals surface area contributed by atoms with Crippen molar-refractivity contribution in [3.8, 4) is 6.07 Å². The Labute approximate surface area is 114 Å². The third-order valence-electron chi connectivity index (χ3n) is 2.75. The van der Waals surface area contributed by atoms with Gasteiger partial charge in [0.2, 0.25) is 0 Å². The van der Waals surface area contributed by atoms with Crippen LogP contribution in [0.1, 0.15) is 16.7 Å². The average molecular weight is 275 g/mol. The van der Waals surface area contributed by atoms with Gasteiger partial charge in [-0.1, -0.05) is 6.07 Å². The van der Waals surface area contributed by atoms with Crippen molar-refractivity contribution in [1.29, 1.82) is 5.26 Å². The predicted octanol–water partition coefficient (Wildman–Crippen LogP) is 4.44. The molecule has 0 aliphatic rings. The quantitative estimate of drug-likeness (QED) is 0.773. The van der Waals surface area contributed by atoms with Crippen molar-refractivity contribution >= 4 is 11.8 Å². The minimum Gasteiger partial charge on any atom is -0.207 e. The van der Waals surface area contributed by atoms with Gasteiger partial charge in [-0.05, 0) is 48.4 Å². The van der Waals surface area contributed by atoms with Crippen molar-refractivity contribution in [3.63, 3.8) is 0 Å². The fourth-order valence-electron chi connectivity index (χ4n) is 1.67. The van der Waals surface area contributed by atoms with Crippen molar-refractivity contribution in [3.05, 3.63) is 64.7 Å². The lowest BCUT2D eigenvalue weighted by molar-refractivity contribution is 0.577. The molecule has 0 amide bonds. The van der Waals surface area contributed by atoms with E-state index in [2.05, 4.69) is 6.07 Å². The van der Waals surface area contributed by atoms with Crippen LogP contribution >= 0.6 is 11.8 Å². The van der Waals surface area contributed by atoms with Crippen LogP contribution in [0.25, 0.3) is 0 Å². The number of nitrogens with zero attached hydrogens (tertiary/aromatic N) is 1. The monoisotopic (exact) mass is 275 g/mol. The van der Waals surface area contributed by atoms with Gasteiger partial charge in [-0.25, -0.2) is 8.78 Å². The molecule has 0 N–H and O–H groups in total. The van der Waals surface area contributed by atoms with Crippen LogP contribution in [0.5, 0.6) is 0 Å². The van der Waals surface area contributed by atoms with E-state index in [4.69, 9.17) is 5.26 Å². The molecule has 4 heteroatoms. The fourth-order valence-corrected chi connectivity index (χ4v) is 2.71. The maximum atomic E-state index is 13.5. The smallest absolute Gasteiger partial charge is 0.136 e. The lowest BCUT2D eigenvalue weighted by Gasteiger charge is -2.07. The zero-order valence-corrected chi connectivity index (χ0v) is 11.1. The molecule has 0 heterocycles. The highest BCUT2D eigenvalue weighted by Crippen LogP contribution is 2.27.